The van der Waals surface area contributed by atoms with E-state index in [4.69, 9.17) is 4.74 Å². The average Bonchev–Trinajstić information content (AvgIpc) is 3.27. The van der Waals surface area contributed by atoms with Gasteiger partial charge in [0.1, 0.15) is 18.2 Å². The summed E-state index contributed by atoms with van der Waals surface area (Å²) >= 11 is 1.44. The number of alkyl carbamates (subject to hydrolysis) is 1. The second kappa shape index (κ2) is 7.16. The predicted molar refractivity (Wildman–Crippen MR) is 86.4 cm³/mol. The highest BCUT2D eigenvalue weighted by Gasteiger charge is 2.38. The first-order valence-corrected chi connectivity index (χ1v) is 8.92. The Balaban J connectivity index is 1.70. The van der Waals surface area contributed by atoms with Gasteiger partial charge in [0.2, 0.25) is 11.8 Å². The first-order valence-electron chi connectivity index (χ1n) is 7.98. The molecule has 2 aliphatic heterocycles. The number of amides is 3. The Hall–Kier alpha value is -2.16. The molecule has 8 nitrogen and oxygen atoms in total. The zero-order valence-corrected chi connectivity index (χ0v) is 14.2. The number of thiazole rings is 1. The van der Waals surface area contributed by atoms with Crippen molar-refractivity contribution in [2.75, 3.05) is 13.1 Å². The van der Waals surface area contributed by atoms with Crippen molar-refractivity contribution in [3.8, 4) is 0 Å². The van der Waals surface area contributed by atoms with E-state index in [0.29, 0.717) is 19.5 Å². The summed E-state index contributed by atoms with van der Waals surface area (Å²) < 4.78 is 4.93. The SMILES string of the molecule is C[C@@H]1OC(=O)NC1C(=O)N[C@H](Cc1cscn1)C(=O)N1CCCC1. The summed E-state index contributed by atoms with van der Waals surface area (Å²) in [5.74, 6) is -0.520. The van der Waals surface area contributed by atoms with E-state index in [1.54, 1.807) is 17.3 Å². The summed E-state index contributed by atoms with van der Waals surface area (Å²) in [6.07, 6.45) is 1.10. The Kier molecular flexibility index (Phi) is 4.98. The molecule has 130 valence electrons. The summed E-state index contributed by atoms with van der Waals surface area (Å²) in [4.78, 5) is 42.4. The van der Waals surface area contributed by atoms with Gasteiger partial charge >= 0.3 is 6.09 Å². The zero-order chi connectivity index (χ0) is 17.1. The molecule has 0 saturated carbocycles. The highest BCUT2D eigenvalue weighted by molar-refractivity contribution is 7.07. The van der Waals surface area contributed by atoms with E-state index in [1.165, 1.54) is 11.3 Å². The van der Waals surface area contributed by atoms with Gasteiger partial charge in [0, 0.05) is 24.9 Å². The largest absolute Gasteiger partial charge is 0.444 e. The molecule has 0 aliphatic carbocycles. The van der Waals surface area contributed by atoms with Crippen LogP contribution >= 0.6 is 11.3 Å². The Morgan fingerprint density at radius 3 is 2.83 bits per heavy atom. The van der Waals surface area contributed by atoms with Crippen molar-refractivity contribution < 1.29 is 19.1 Å². The fourth-order valence-corrected chi connectivity index (χ4v) is 3.53. The van der Waals surface area contributed by atoms with Crippen LogP contribution in [0.1, 0.15) is 25.5 Å². The molecular weight excluding hydrogens is 332 g/mol. The highest BCUT2D eigenvalue weighted by atomic mass is 32.1. The van der Waals surface area contributed by atoms with Gasteiger partial charge in [0.15, 0.2) is 0 Å². The molecule has 2 N–H and O–H groups in total. The monoisotopic (exact) mass is 352 g/mol. The molecule has 1 unspecified atom stereocenters. The molecule has 0 bridgehead atoms. The fraction of sp³-hybridized carbons (Fsp3) is 0.600. The number of cyclic esters (lactones) is 1. The normalized spacial score (nSPS) is 24.4. The van der Waals surface area contributed by atoms with Gasteiger partial charge in [-0.05, 0) is 19.8 Å². The van der Waals surface area contributed by atoms with Crippen LogP contribution in [0.3, 0.4) is 0 Å². The number of carbonyl (C=O) groups excluding carboxylic acids is 3. The molecule has 3 rings (SSSR count). The molecule has 3 atom stereocenters. The minimum Gasteiger partial charge on any atom is -0.444 e. The summed E-state index contributed by atoms with van der Waals surface area (Å²) in [6.45, 7) is 3.06. The minimum absolute atomic E-state index is 0.105. The second-order valence-corrected chi connectivity index (χ2v) is 6.73. The van der Waals surface area contributed by atoms with E-state index in [1.807, 2.05) is 5.38 Å². The number of ether oxygens (including phenoxy) is 1. The van der Waals surface area contributed by atoms with Gasteiger partial charge in [-0.2, -0.15) is 0 Å². The van der Waals surface area contributed by atoms with Gasteiger partial charge in [-0.25, -0.2) is 9.78 Å². The third-order valence-electron chi connectivity index (χ3n) is 4.25. The van der Waals surface area contributed by atoms with Crippen molar-refractivity contribution in [3.05, 3.63) is 16.6 Å². The zero-order valence-electron chi connectivity index (χ0n) is 13.4. The third kappa shape index (κ3) is 3.66. The van der Waals surface area contributed by atoms with Crippen LogP contribution in [-0.4, -0.2) is 59.1 Å². The summed E-state index contributed by atoms with van der Waals surface area (Å²) in [6, 6.07) is -1.48. The maximum atomic E-state index is 12.7. The standard InChI is InChI=1S/C15H20N4O4S/c1-9-12(18-15(22)23-9)13(20)17-11(6-10-7-24-8-16-10)14(21)19-4-2-3-5-19/h7-9,11-12H,2-6H2,1H3,(H,17,20)(H,18,22)/t9-,11+,12?/m0/s1. The number of rotatable bonds is 5. The molecule has 2 aliphatic rings. The topological polar surface area (TPSA) is 101 Å². The Morgan fingerprint density at radius 2 is 2.25 bits per heavy atom. The van der Waals surface area contributed by atoms with Crippen LogP contribution in [0.4, 0.5) is 4.79 Å². The van der Waals surface area contributed by atoms with Crippen molar-refractivity contribution in [1.29, 1.82) is 0 Å². The maximum absolute atomic E-state index is 12.7. The van der Waals surface area contributed by atoms with Crippen molar-refractivity contribution >= 4 is 29.2 Å². The number of nitrogens with zero attached hydrogens (tertiary/aromatic N) is 2. The maximum Gasteiger partial charge on any atom is 0.408 e. The molecule has 9 heteroatoms. The molecule has 2 saturated heterocycles. The van der Waals surface area contributed by atoms with Crippen LogP contribution in [0, 0.1) is 0 Å². The lowest BCUT2D eigenvalue weighted by Crippen LogP contribution is -2.54. The summed E-state index contributed by atoms with van der Waals surface area (Å²) in [7, 11) is 0. The smallest absolute Gasteiger partial charge is 0.408 e. The van der Waals surface area contributed by atoms with Crippen LogP contribution in [0.5, 0.6) is 0 Å². The average molecular weight is 352 g/mol. The number of carbonyl (C=O) groups is 3. The third-order valence-corrected chi connectivity index (χ3v) is 4.88. The molecule has 0 radical (unpaired) electrons. The predicted octanol–water partition coefficient (Wildman–Crippen LogP) is 0.290. The Bertz CT molecular complexity index is 615. The lowest BCUT2D eigenvalue weighted by Gasteiger charge is -2.25. The molecule has 0 spiro atoms. The lowest BCUT2D eigenvalue weighted by atomic mass is 10.1. The van der Waals surface area contributed by atoms with Gasteiger partial charge in [0.25, 0.3) is 0 Å². The number of nitrogens with one attached hydrogen (secondary N) is 2. The molecule has 24 heavy (non-hydrogen) atoms. The number of aromatic nitrogens is 1. The molecule has 0 aromatic carbocycles. The summed E-state index contributed by atoms with van der Waals surface area (Å²) in [5, 5.41) is 7.09. The Labute approximate surface area is 143 Å². The van der Waals surface area contributed by atoms with Crippen LogP contribution in [0.2, 0.25) is 0 Å². The van der Waals surface area contributed by atoms with E-state index in [0.717, 1.165) is 18.5 Å². The molecule has 3 heterocycles. The number of hydrogen-bond donors (Lipinski definition) is 2. The van der Waals surface area contributed by atoms with E-state index in [9.17, 15) is 14.4 Å². The van der Waals surface area contributed by atoms with Crippen LogP contribution in [-0.2, 0) is 20.7 Å². The first kappa shape index (κ1) is 16.7. The van der Waals surface area contributed by atoms with E-state index >= 15 is 0 Å². The van der Waals surface area contributed by atoms with Crippen LogP contribution < -0.4 is 10.6 Å². The molecule has 1 aromatic rings. The lowest BCUT2D eigenvalue weighted by molar-refractivity contribution is -0.136. The van der Waals surface area contributed by atoms with E-state index < -0.39 is 30.2 Å². The van der Waals surface area contributed by atoms with Crippen LogP contribution in [0.15, 0.2) is 10.9 Å². The number of hydrogen-bond acceptors (Lipinski definition) is 6. The van der Waals surface area contributed by atoms with Crippen molar-refractivity contribution in [2.24, 2.45) is 0 Å². The first-order chi connectivity index (χ1) is 11.5. The van der Waals surface area contributed by atoms with E-state index in [2.05, 4.69) is 15.6 Å². The summed E-state index contributed by atoms with van der Waals surface area (Å²) in [5.41, 5.74) is 2.46. The van der Waals surface area contributed by atoms with E-state index in [-0.39, 0.29) is 5.91 Å². The molecule has 2 fully saturated rings. The molecule has 1 aromatic heterocycles. The van der Waals surface area contributed by atoms with Crippen molar-refractivity contribution in [2.45, 2.75) is 44.4 Å². The minimum atomic E-state index is -0.790. The van der Waals surface area contributed by atoms with Gasteiger partial charge in [-0.1, -0.05) is 0 Å². The fourth-order valence-electron chi connectivity index (χ4n) is 2.96. The molecule has 3 amide bonds. The van der Waals surface area contributed by atoms with Crippen molar-refractivity contribution in [1.82, 2.24) is 20.5 Å². The quantitative estimate of drug-likeness (QED) is 0.793. The highest BCUT2D eigenvalue weighted by Crippen LogP contribution is 2.14. The van der Waals surface area contributed by atoms with Gasteiger partial charge < -0.3 is 20.3 Å². The van der Waals surface area contributed by atoms with Gasteiger partial charge in [0.05, 0.1) is 11.2 Å². The molecular formula is C15H20N4O4S. The van der Waals surface area contributed by atoms with Crippen molar-refractivity contribution in [3.63, 3.8) is 0 Å². The Morgan fingerprint density at radius 1 is 1.50 bits per heavy atom. The number of likely N-dealkylation sites (tertiary alicyclic amines) is 1. The van der Waals surface area contributed by atoms with Gasteiger partial charge in [-0.15, -0.1) is 11.3 Å². The second-order valence-electron chi connectivity index (χ2n) is 6.01. The van der Waals surface area contributed by atoms with Crippen LogP contribution in [0.25, 0.3) is 0 Å². The van der Waals surface area contributed by atoms with Gasteiger partial charge in [-0.3, -0.25) is 9.59 Å².